The molecule has 0 amide bonds. The van der Waals surface area contributed by atoms with Gasteiger partial charge in [0.05, 0.1) is 17.6 Å². The highest BCUT2D eigenvalue weighted by molar-refractivity contribution is 7.99. The number of benzene rings is 1. The van der Waals surface area contributed by atoms with Crippen LogP contribution in [-0.4, -0.2) is 27.2 Å². The molecule has 0 bridgehead atoms. The van der Waals surface area contributed by atoms with Crippen LogP contribution in [0.25, 0.3) is 5.69 Å². The van der Waals surface area contributed by atoms with Crippen molar-refractivity contribution in [1.29, 1.82) is 0 Å². The second kappa shape index (κ2) is 6.23. The summed E-state index contributed by atoms with van der Waals surface area (Å²) < 4.78 is 62.3. The van der Waals surface area contributed by atoms with E-state index in [0.717, 1.165) is 22.1 Å². The molecule has 0 unspecified atom stereocenters. The number of rotatable bonds is 4. The van der Waals surface area contributed by atoms with Crippen LogP contribution >= 0.6 is 11.8 Å². The molecule has 0 N–H and O–H groups in total. The van der Waals surface area contributed by atoms with Gasteiger partial charge in [-0.05, 0) is 31.0 Å². The lowest BCUT2D eigenvalue weighted by atomic mass is 10.1. The highest BCUT2D eigenvalue weighted by Crippen LogP contribution is 2.30. The van der Waals surface area contributed by atoms with Crippen LogP contribution in [0.5, 0.6) is 0 Å². The molecule has 9 heteroatoms. The molecule has 0 radical (unpaired) electrons. The molecule has 0 saturated carbocycles. The van der Waals surface area contributed by atoms with Crippen molar-refractivity contribution < 1.29 is 22.0 Å². The lowest BCUT2D eigenvalue weighted by Gasteiger charge is -2.11. The minimum Gasteiger partial charge on any atom is -0.210 e. The van der Waals surface area contributed by atoms with Crippen molar-refractivity contribution in [2.24, 2.45) is 0 Å². The van der Waals surface area contributed by atoms with Crippen LogP contribution in [0.4, 0.5) is 22.0 Å². The molecule has 120 valence electrons. The summed E-state index contributed by atoms with van der Waals surface area (Å²) in [7, 11) is 0. The first-order chi connectivity index (χ1) is 10.2. The highest BCUT2D eigenvalue weighted by atomic mass is 32.2. The highest BCUT2D eigenvalue weighted by Gasteiger charge is 2.34. The third-order valence-electron chi connectivity index (χ3n) is 2.86. The van der Waals surface area contributed by atoms with Gasteiger partial charge in [-0.2, -0.15) is 23.1 Å². The van der Waals surface area contributed by atoms with E-state index in [4.69, 9.17) is 0 Å². The molecule has 0 aliphatic carbocycles. The van der Waals surface area contributed by atoms with E-state index in [1.807, 2.05) is 0 Å². The minimum absolute atomic E-state index is 0.331. The average molecular weight is 337 g/mol. The molecule has 0 fully saturated rings. The SMILES string of the molecule is Cc1cc(C)c(-n2ncc(C(F)(F)F)n2)cc1SCC(F)F. The van der Waals surface area contributed by atoms with Crippen LogP contribution in [0.3, 0.4) is 0 Å². The summed E-state index contributed by atoms with van der Waals surface area (Å²) in [5.74, 6) is -0.385. The van der Waals surface area contributed by atoms with Gasteiger partial charge in [0.15, 0.2) is 5.69 Å². The van der Waals surface area contributed by atoms with Gasteiger partial charge in [-0.15, -0.1) is 16.9 Å². The Labute approximate surface area is 127 Å². The van der Waals surface area contributed by atoms with Gasteiger partial charge in [0.2, 0.25) is 6.43 Å². The van der Waals surface area contributed by atoms with Crippen LogP contribution in [0.15, 0.2) is 23.2 Å². The van der Waals surface area contributed by atoms with Crippen molar-refractivity contribution >= 4 is 11.8 Å². The zero-order chi connectivity index (χ0) is 16.5. The van der Waals surface area contributed by atoms with Gasteiger partial charge in [-0.25, -0.2) is 8.78 Å². The van der Waals surface area contributed by atoms with Gasteiger partial charge in [-0.3, -0.25) is 0 Å². The van der Waals surface area contributed by atoms with E-state index in [9.17, 15) is 22.0 Å². The number of aromatic nitrogens is 3. The van der Waals surface area contributed by atoms with Gasteiger partial charge in [0, 0.05) is 4.90 Å². The molecule has 0 saturated heterocycles. The first-order valence-corrected chi connectivity index (χ1v) is 7.19. The number of hydrogen-bond acceptors (Lipinski definition) is 3. The van der Waals surface area contributed by atoms with Crippen LogP contribution in [0, 0.1) is 13.8 Å². The summed E-state index contributed by atoms with van der Waals surface area (Å²) in [6.07, 6.45) is -6.41. The molecule has 0 aliphatic heterocycles. The summed E-state index contributed by atoms with van der Waals surface area (Å²) in [5, 5.41) is 7.01. The Hall–Kier alpha value is -1.64. The molecule has 2 aromatic rings. The summed E-state index contributed by atoms with van der Waals surface area (Å²) in [4.78, 5) is 1.43. The van der Waals surface area contributed by atoms with Crippen LogP contribution in [-0.2, 0) is 6.18 Å². The number of hydrogen-bond donors (Lipinski definition) is 0. The predicted octanol–water partition coefficient (Wildman–Crippen LogP) is 4.26. The number of halogens is 5. The van der Waals surface area contributed by atoms with E-state index in [1.54, 1.807) is 19.9 Å². The van der Waals surface area contributed by atoms with Gasteiger partial charge in [-0.1, -0.05) is 6.07 Å². The molecular weight excluding hydrogens is 325 g/mol. The Balaban J connectivity index is 2.38. The summed E-state index contributed by atoms with van der Waals surface area (Å²) >= 11 is 0.944. The molecule has 2 rings (SSSR count). The van der Waals surface area contributed by atoms with Gasteiger partial charge >= 0.3 is 6.18 Å². The largest absolute Gasteiger partial charge is 0.436 e. The zero-order valence-corrected chi connectivity index (χ0v) is 12.5. The first-order valence-electron chi connectivity index (χ1n) is 6.20. The number of nitrogens with zero attached hydrogens (tertiary/aromatic N) is 3. The summed E-state index contributed by atoms with van der Waals surface area (Å²) in [6, 6.07) is 3.23. The Morgan fingerprint density at radius 3 is 2.41 bits per heavy atom. The summed E-state index contributed by atoms with van der Waals surface area (Å²) in [6.45, 7) is 3.45. The van der Waals surface area contributed by atoms with Crippen molar-refractivity contribution in [2.75, 3.05) is 5.75 Å². The molecule has 1 aromatic carbocycles. The smallest absolute Gasteiger partial charge is 0.210 e. The quantitative estimate of drug-likeness (QED) is 0.617. The Morgan fingerprint density at radius 1 is 1.18 bits per heavy atom. The average Bonchev–Trinajstić information content (AvgIpc) is 2.86. The molecule has 0 spiro atoms. The molecule has 0 aliphatic rings. The number of aryl methyl sites for hydroxylation is 2. The van der Waals surface area contributed by atoms with Crippen LogP contribution in [0.2, 0.25) is 0 Å². The molecule has 3 nitrogen and oxygen atoms in total. The predicted molar refractivity (Wildman–Crippen MR) is 72.6 cm³/mol. The second-order valence-corrected chi connectivity index (χ2v) is 5.69. The third-order valence-corrected chi connectivity index (χ3v) is 4.03. The van der Waals surface area contributed by atoms with Crippen LogP contribution in [0.1, 0.15) is 16.8 Å². The Kier molecular flexibility index (Phi) is 4.74. The second-order valence-electron chi connectivity index (χ2n) is 4.62. The Bertz CT molecular complexity index is 666. The number of alkyl halides is 5. The Morgan fingerprint density at radius 2 is 1.86 bits per heavy atom. The fourth-order valence-corrected chi connectivity index (χ4v) is 2.64. The van der Waals surface area contributed by atoms with Crippen molar-refractivity contribution in [2.45, 2.75) is 31.3 Å². The molecular formula is C13H12F5N3S. The van der Waals surface area contributed by atoms with Crippen molar-refractivity contribution in [3.05, 3.63) is 35.2 Å². The standard InChI is InChI=1S/C13H12F5N3S/c1-7-3-8(2)10(22-6-12(14)15)4-9(7)21-19-5-11(20-21)13(16,17)18/h3-5,12H,6H2,1-2H3. The van der Waals surface area contributed by atoms with Crippen molar-refractivity contribution in [3.63, 3.8) is 0 Å². The molecule has 22 heavy (non-hydrogen) atoms. The minimum atomic E-state index is -4.58. The van der Waals surface area contributed by atoms with E-state index in [2.05, 4.69) is 10.2 Å². The van der Waals surface area contributed by atoms with Gasteiger partial charge in [0.25, 0.3) is 0 Å². The molecule has 0 atom stereocenters. The first kappa shape index (κ1) is 16.7. The van der Waals surface area contributed by atoms with Gasteiger partial charge < -0.3 is 0 Å². The van der Waals surface area contributed by atoms with E-state index in [-0.39, 0.29) is 5.75 Å². The number of thioether (sulfide) groups is 1. The van der Waals surface area contributed by atoms with Crippen LogP contribution < -0.4 is 0 Å². The monoisotopic (exact) mass is 337 g/mol. The topological polar surface area (TPSA) is 30.7 Å². The fourth-order valence-electron chi connectivity index (χ4n) is 1.85. The zero-order valence-electron chi connectivity index (χ0n) is 11.7. The van der Waals surface area contributed by atoms with Crippen molar-refractivity contribution in [1.82, 2.24) is 15.0 Å². The van der Waals surface area contributed by atoms with E-state index in [1.165, 1.54) is 6.07 Å². The maximum absolute atomic E-state index is 12.6. The third kappa shape index (κ3) is 3.76. The molecule has 1 heterocycles. The maximum Gasteiger partial charge on any atom is 0.436 e. The van der Waals surface area contributed by atoms with Crippen molar-refractivity contribution in [3.8, 4) is 5.69 Å². The normalized spacial score (nSPS) is 12.2. The fraction of sp³-hybridized carbons (Fsp3) is 0.385. The summed E-state index contributed by atoms with van der Waals surface area (Å²) in [5.41, 5.74) is 0.658. The lowest BCUT2D eigenvalue weighted by Crippen LogP contribution is -2.08. The van der Waals surface area contributed by atoms with E-state index >= 15 is 0 Å². The maximum atomic E-state index is 12.6. The van der Waals surface area contributed by atoms with E-state index < -0.39 is 18.3 Å². The van der Waals surface area contributed by atoms with E-state index in [0.29, 0.717) is 22.3 Å². The lowest BCUT2D eigenvalue weighted by molar-refractivity contribution is -0.141. The molecule has 1 aromatic heterocycles. The van der Waals surface area contributed by atoms with Gasteiger partial charge in [0.1, 0.15) is 0 Å².